The Labute approximate surface area is 384 Å². The van der Waals surface area contributed by atoms with Crippen LogP contribution < -0.4 is 4.90 Å². The van der Waals surface area contributed by atoms with Crippen LogP contribution in [0, 0.1) is 6.92 Å². The normalized spacial score (nSPS) is 15.4. The number of benzene rings is 9. The summed E-state index contributed by atoms with van der Waals surface area (Å²) in [7, 11) is 0. The van der Waals surface area contributed by atoms with Crippen LogP contribution in [0.15, 0.2) is 206 Å². The molecule has 0 N–H and O–H groups in total. The van der Waals surface area contributed by atoms with Crippen LogP contribution in [0.3, 0.4) is 0 Å². The van der Waals surface area contributed by atoms with E-state index >= 15 is 0 Å². The first-order valence-electron chi connectivity index (χ1n) is 23.4. The second-order valence-corrected chi connectivity index (χ2v) is 19.9. The van der Waals surface area contributed by atoms with E-state index in [1.807, 2.05) is 0 Å². The lowest BCUT2D eigenvalue weighted by Crippen LogP contribution is -2.34. The van der Waals surface area contributed by atoms with Gasteiger partial charge >= 0.3 is 0 Å². The van der Waals surface area contributed by atoms with Crippen molar-refractivity contribution in [2.45, 2.75) is 63.7 Å². The molecule has 3 aliphatic rings. The molecule has 1 heteroatoms. The minimum absolute atomic E-state index is 0.0539. The molecule has 12 rings (SSSR count). The average molecular weight is 836 g/mol. The third-order valence-corrected chi connectivity index (χ3v) is 15.3. The Morgan fingerprint density at radius 1 is 0.323 bits per heavy atom. The van der Waals surface area contributed by atoms with Crippen LogP contribution >= 0.6 is 0 Å². The molecule has 0 aromatic heterocycles. The third-order valence-electron chi connectivity index (χ3n) is 15.3. The van der Waals surface area contributed by atoms with Gasteiger partial charge in [-0.1, -0.05) is 191 Å². The van der Waals surface area contributed by atoms with Gasteiger partial charge in [0.05, 0.1) is 11.1 Å². The minimum Gasteiger partial charge on any atom is -0.310 e. The summed E-state index contributed by atoms with van der Waals surface area (Å²) in [6, 6.07) is 77.7. The van der Waals surface area contributed by atoms with E-state index in [2.05, 4.69) is 246 Å². The number of rotatable bonds is 6. The largest absolute Gasteiger partial charge is 0.310 e. The fourth-order valence-corrected chi connectivity index (χ4v) is 11.8. The molecule has 0 fully saturated rings. The van der Waals surface area contributed by atoms with Crippen LogP contribution in [-0.4, -0.2) is 0 Å². The van der Waals surface area contributed by atoms with Crippen LogP contribution in [0.2, 0.25) is 0 Å². The number of fused-ring (bicyclic) bond motifs is 11. The molecule has 314 valence electrons. The van der Waals surface area contributed by atoms with E-state index in [9.17, 15) is 0 Å². The first kappa shape index (κ1) is 39.4. The topological polar surface area (TPSA) is 3.24 Å². The Balaban J connectivity index is 1.18. The van der Waals surface area contributed by atoms with E-state index in [-0.39, 0.29) is 10.8 Å². The molecule has 0 unspecified atom stereocenters. The van der Waals surface area contributed by atoms with Crippen molar-refractivity contribution < 1.29 is 0 Å². The van der Waals surface area contributed by atoms with Crippen molar-refractivity contribution >= 4 is 17.1 Å². The molecule has 0 radical (unpaired) electrons. The van der Waals surface area contributed by atoms with Gasteiger partial charge in [0, 0.05) is 16.9 Å². The first-order valence-corrected chi connectivity index (χ1v) is 23.4. The maximum absolute atomic E-state index is 2.59. The average Bonchev–Trinajstić information content (AvgIpc) is 3.81. The summed E-state index contributed by atoms with van der Waals surface area (Å²) >= 11 is 0. The number of hydrogen-bond donors (Lipinski definition) is 0. The molecule has 0 bridgehead atoms. The highest BCUT2D eigenvalue weighted by molar-refractivity contribution is 6.00. The minimum atomic E-state index is -0.483. The molecule has 3 aliphatic carbocycles. The van der Waals surface area contributed by atoms with Gasteiger partial charge in [0.25, 0.3) is 0 Å². The van der Waals surface area contributed by atoms with E-state index in [1.165, 1.54) is 107 Å². The van der Waals surface area contributed by atoms with Crippen LogP contribution in [0.1, 0.15) is 79.5 Å². The molecule has 1 spiro atoms. The molecular weight excluding hydrogens is 783 g/mol. The maximum Gasteiger partial charge on any atom is 0.0726 e. The number of nitrogens with zero attached hydrogens (tertiary/aromatic N) is 1. The van der Waals surface area contributed by atoms with Gasteiger partial charge in [-0.2, -0.15) is 0 Å². The van der Waals surface area contributed by atoms with Crippen LogP contribution in [0.4, 0.5) is 17.1 Å². The molecule has 1 nitrogen and oxygen atoms in total. The fraction of sp³-hybridized carbons (Fsp3) is 0.156. The van der Waals surface area contributed by atoms with Gasteiger partial charge in [-0.3, -0.25) is 0 Å². The van der Waals surface area contributed by atoms with Gasteiger partial charge in [0.2, 0.25) is 0 Å². The second kappa shape index (κ2) is 14.7. The fourth-order valence-electron chi connectivity index (χ4n) is 11.8. The van der Waals surface area contributed by atoms with Crippen molar-refractivity contribution in [1.82, 2.24) is 0 Å². The summed E-state index contributed by atoms with van der Waals surface area (Å²) in [6.45, 7) is 12.1. The van der Waals surface area contributed by atoms with E-state index < -0.39 is 5.41 Å². The summed E-state index contributed by atoms with van der Waals surface area (Å²) in [6.07, 6.45) is 2.35. The predicted octanol–water partition coefficient (Wildman–Crippen LogP) is 17.2. The van der Waals surface area contributed by atoms with Crippen LogP contribution in [-0.2, 0) is 16.2 Å². The van der Waals surface area contributed by atoms with Crippen molar-refractivity contribution in [2.24, 2.45) is 0 Å². The molecule has 0 heterocycles. The molecule has 0 aliphatic heterocycles. The monoisotopic (exact) mass is 835 g/mol. The van der Waals surface area contributed by atoms with E-state index in [0.29, 0.717) is 0 Å². The summed E-state index contributed by atoms with van der Waals surface area (Å²) in [4.78, 5) is 2.54. The quantitative estimate of drug-likeness (QED) is 0.161. The summed E-state index contributed by atoms with van der Waals surface area (Å²) in [5, 5.41) is 0. The Hall–Kier alpha value is -7.22. The van der Waals surface area contributed by atoms with Gasteiger partial charge in [-0.15, -0.1) is 0 Å². The van der Waals surface area contributed by atoms with Crippen molar-refractivity contribution in [3.63, 3.8) is 0 Å². The highest BCUT2D eigenvalue weighted by atomic mass is 15.1. The lowest BCUT2D eigenvalue weighted by molar-refractivity contribution is 0.332. The second-order valence-electron chi connectivity index (χ2n) is 19.9. The Morgan fingerprint density at radius 3 is 1.20 bits per heavy atom. The zero-order valence-corrected chi connectivity index (χ0v) is 38.0. The van der Waals surface area contributed by atoms with E-state index in [4.69, 9.17) is 0 Å². The Morgan fingerprint density at radius 2 is 0.723 bits per heavy atom. The molecule has 0 saturated carbocycles. The molecule has 65 heavy (non-hydrogen) atoms. The van der Waals surface area contributed by atoms with Crippen molar-refractivity contribution in [3.8, 4) is 55.6 Å². The predicted molar refractivity (Wildman–Crippen MR) is 274 cm³/mol. The van der Waals surface area contributed by atoms with Gasteiger partial charge in [0.1, 0.15) is 0 Å². The van der Waals surface area contributed by atoms with Crippen molar-refractivity contribution in [3.05, 3.63) is 245 Å². The zero-order valence-electron chi connectivity index (χ0n) is 38.0. The van der Waals surface area contributed by atoms with Crippen molar-refractivity contribution in [2.75, 3.05) is 4.90 Å². The molecule has 0 atom stereocenters. The van der Waals surface area contributed by atoms with Gasteiger partial charge in [-0.05, 0) is 162 Å². The van der Waals surface area contributed by atoms with Crippen LogP contribution in [0.5, 0.6) is 0 Å². The molecule has 0 saturated heterocycles. The van der Waals surface area contributed by atoms with Gasteiger partial charge < -0.3 is 4.90 Å². The number of aryl methyl sites for hydroxylation is 1. The van der Waals surface area contributed by atoms with Crippen LogP contribution in [0.25, 0.3) is 55.6 Å². The first-order chi connectivity index (χ1) is 31.6. The summed E-state index contributed by atoms with van der Waals surface area (Å²) < 4.78 is 0. The highest BCUT2D eigenvalue weighted by Crippen LogP contribution is 2.64. The Bertz CT molecular complexity index is 3170. The summed E-state index contributed by atoms with van der Waals surface area (Å²) in [5.74, 6) is 0. The van der Waals surface area contributed by atoms with Crippen molar-refractivity contribution in [1.29, 1.82) is 0 Å². The molecule has 9 aromatic carbocycles. The number of anilines is 3. The van der Waals surface area contributed by atoms with Gasteiger partial charge in [0.15, 0.2) is 0 Å². The highest BCUT2D eigenvalue weighted by Gasteiger charge is 2.52. The maximum atomic E-state index is 2.59. The smallest absolute Gasteiger partial charge is 0.0726 e. The molecular formula is C64H53N. The lowest BCUT2D eigenvalue weighted by Gasteiger charge is -2.42. The summed E-state index contributed by atoms with van der Waals surface area (Å²) in [5.41, 5.74) is 25.4. The Kier molecular flexibility index (Phi) is 8.88. The van der Waals surface area contributed by atoms with E-state index in [0.717, 1.165) is 17.8 Å². The number of hydrogen-bond acceptors (Lipinski definition) is 1. The van der Waals surface area contributed by atoms with E-state index in [1.54, 1.807) is 0 Å². The molecule has 0 amide bonds. The van der Waals surface area contributed by atoms with Gasteiger partial charge in [-0.25, -0.2) is 0 Å². The zero-order chi connectivity index (χ0) is 44.1. The standard InChI is InChI=1S/C64H53N/c1-42-38-59-60(63(4,5)37-36-62(59,2)3)40-52(42)54-39-53-51-24-14-17-27-57(51)64(55-25-15-12-22-49(55)50-23-13-16-26-56(50)64)58(53)41-61(54)65(47-32-28-45(29-33-47)43-18-8-6-9-19-43)48-34-30-46(31-35-48)44-20-10-7-11-21-44/h6-35,38-41H,36-37H2,1-5H3. The SMILES string of the molecule is Cc1cc2c(cc1-c1cc3c(cc1N(c1ccc(-c4ccccc4)cc1)c1ccc(-c4ccccc4)cc1)C1(c4ccccc4-c4ccccc41)c1ccccc1-3)C(C)(C)CCC2(C)C. The lowest BCUT2D eigenvalue weighted by atomic mass is 9.62. The third kappa shape index (κ3) is 5.98. The molecule has 9 aromatic rings.